The van der Waals surface area contributed by atoms with Gasteiger partial charge >= 0.3 is 63.2 Å². The van der Waals surface area contributed by atoms with Crippen molar-refractivity contribution >= 4 is 133 Å². The summed E-state index contributed by atoms with van der Waals surface area (Å²) in [4.78, 5) is 32.6. The second-order valence-electron chi connectivity index (χ2n) is 29.5. The summed E-state index contributed by atoms with van der Waals surface area (Å²) in [6, 6.07) is 129. The van der Waals surface area contributed by atoms with Crippen molar-refractivity contribution in [2.45, 2.75) is 0 Å². The average molecular weight is 2180 g/mol. The van der Waals surface area contributed by atoms with Gasteiger partial charge in [-0.1, -0.05) is 150 Å². The van der Waals surface area contributed by atoms with Gasteiger partial charge in [-0.2, -0.15) is 0 Å². The Morgan fingerprint density at radius 2 is 0.650 bits per heavy atom. The number of pyridine rings is 3. The zero-order valence-corrected chi connectivity index (χ0v) is 75.2. The molecule has 12 aromatic carbocycles. The van der Waals surface area contributed by atoms with Gasteiger partial charge in [0.15, 0.2) is 0 Å². The van der Waals surface area contributed by atoms with Crippen molar-refractivity contribution in [1.82, 2.24) is 57.3 Å². The molecular weight excluding hydrogens is 2110 g/mol. The minimum Gasteiger partial charge on any atom is -0.367 e. The second kappa shape index (κ2) is 33.8. The maximum Gasteiger partial charge on any atom is 2.00 e. The van der Waals surface area contributed by atoms with Crippen LogP contribution in [-0.4, -0.2) is 57.3 Å². The van der Waals surface area contributed by atoms with Gasteiger partial charge in [0.1, 0.15) is 0 Å². The third-order valence-corrected chi connectivity index (χ3v) is 25.2. The van der Waals surface area contributed by atoms with E-state index in [2.05, 4.69) is 371 Å². The first-order valence-electron chi connectivity index (χ1n) is 39.5. The molecule has 12 heterocycles. The number of hydrogen-bond donors (Lipinski definition) is 0. The van der Waals surface area contributed by atoms with Crippen molar-refractivity contribution in [3.8, 4) is 116 Å². The molecule has 0 atom stereocenters. The maximum atomic E-state index is 5.08. The van der Waals surface area contributed by atoms with E-state index in [0.717, 1.165) is 167 Å². The zero-order chi connectivity index (χ0) is 79.9. The molecule has 0 aliphatic carbocycles. The molecule has 0 bridgehead atoms. The molecule has 0 fully saturated rings. The summed E-state index contributed by atoms with van der Waals surface area (Å²) in [6.07, 6.45) is 5.45. The first-order chi connectivity index (χ1) is 59.2. The van der Waals surface area contributed by atoms with Crippen LogP contribution in [-0.2, 0) is 84.3 Å². The number of aryl methyl sites for hydroxylation is 3. The van der Waals surface area contributed by atoms with Crippen molar-refractivity contribution in [3.05, 3.63) is 381 Å². The predicted octanol–water partition coefficient (Wildman–Crippen LogP) is 26.2. The van der Waals surface area contributed by atoms with Crippen LogP contribution in [0.25, 0.3) is 215 Å². The smallest absolute Gasteiger partial charge is 0.367 e. The Morgan fingerprint density at radius 3 is 1.09 bits per heavy atom. The van der Waals surface area contributed by atoms with Crippen molar-refractivity contribution in [1.29, 1.82) is 0 Å². The van der Waals surface area contributed by atoms with Crippen LogP contribution in [0, 0.1) is 36.4 Å². The Kier molecular flexibility index (Phi) is 21.9. The molecule has 18 heteroatoms. The Balaban J connectivity index is 0.000000120. The van der Waals surface area contributed by atoms with E-state index in [0.29, 0.717) is 0 Å². The summed E-state index contributed by atoms with van der Waals surface area (Å²) in [7, 11) is 6.26. The van der Waals surface area contributed by atoms with Crippen LogP contribution in [0.5, 0.6) is 0 Å². The quantitative estimate of drug-likeness (QED) is 0.113. The van der Waals surface area contributed by atoms with Crippen molar-refractivity contribution in [3.63, 3.8) is 0 Å². The van der Waals surface area contributed by atoms with Crippen molar-refractivity contribution < 1.29 is 63.2 Å². The SMILES string of the molecule is Cn1c(-c2[c-]c3c(cc2)c2ccccc2n3-c2[c-]c(-c3ccccn3)ccc2)nc2cc(-c3cccs3)ccc21.Cn1c(-c2[c-]c3c(cc2)c2ccccc2n3-c2[c-]c(-c3ccccn3)ccc2)nc2ccc(-c3cccs3)cc21.Cn1c(-c2[c-]c3c(cc2)c2ccccc2n3-c2[c-]c(-c3ccccn3)ccc2)nc2cccc(-c3cccs3)c21.[Pt+2].[Pt+2].[Pt+2]. The predicted molar refractivity (Wildman–Crippen MR) is 494 cm³/mol. The molecule has 0 saturated heterocycles. The van der Waals surface area contributed by atoms with Gasteiger partial charge in [-0.25, -0.2) is 0 Å². The first kappa shape index (κ1) is 79.8. The molecular formula is C105H66N12Pt3S3. The number of imidazole rings is 3. The average Bonchev–Trinajstić information content (AvgIpc) is 1.59. The number of fused-ring (bicyclic) bond motifs is 12. The number of nitrogens with zero attached hydrogens (tertiary/aromatic N) is 12. The molecule has 0 N–H and O–H groups in total. The number of rotatable bonds is 12. The van der Waals surface area contributed by atoms with Gasteiger partial charge in [0.25, 0.3) is 0 Å². The van der Waals surface area contributed by atoms with E-state index < -0.39 is 0 Å². The molecule has 594 valence electrons. The van der Waals surface area contributed by atoms with Crippen molar-refractivity contribution in [2.75, 3.05) is 0 Å². The third-order valence-electron chi connectivity index (χ3n) is 22.4. The molecule has 123 heavy (non-hydrogen) atoms. The van der Waals surface area contributed by atoms with E-state index in [-0.39, 0.29) is 63.2 Å². The van der Waals surface area contributed by atoms with Gasteiger partial charge in [-0.15, -0.1) is 195 Å². The summed E-state index contributed by atoms with van der Waals surface area (Å²) in [6.45, 7) is 0. The summed E-state index contributed by atoms with van der Waals surface area (Å²) >= 11 is 5.24. The van der Waals surface area contributed by atoms with Crippen molar-refractivity contribution in [2.24, 2.45) is 21.1 Å². The van der Waals surface area contributed by atoms with E-state index in [1.165, 1.54) is 47.5 Å². The Bertz CT molecular complexity index is 7830. The van der Waals surface area contributed by atoms with Crippen LogP contribution in [0.2, 0.25) is 0 Å². The Hall–Kier alpha value is -12.9. The molecule has 0 saturated carbocycles. The fourth-order valence-electron chi connectivity index (χ4n) is 16.8. The molecule has 0 aliphatic rings. The monoisotopic (exact) mass is 2180 g/mol. The van der Waals surface area contributed by atoms with Crippen LogP contribution in [0.3, 0.4) is 0 Å². The Morgan fingerprint density at radius 1 is 0.260 bits per heavy atom. The zero-order valence-electron chi connectivity index (χ0n) is 65.9. The van der Waals surface area contributed by atoms with Crippen LogP contribution < -0.4 is 0 Å². The van der Waals surface area contributed by atoms with Gasteiger partial charge in [-0.3, -0.25) is 15.0 Å². The van der Waals surface area contributed by atoms with Crippen LogP contribution in [0.1, 0.15) is 0 Å². The molecule has 12 aromatic heterocycles. The van der Waals surface area contributed by atoms with Crippen LogP contribution >= 0.6 is 34.0 Å². The molecule has 12 nitrogen and oxygen atoms in total. The summed E-state index contributed by atoms with van der Waals surface area (Å²) in [5.41, 5.74) is 27.5. The van der Waals surface area contributed by atoms with E-state index in [9.17, 15) is 0 Å². The van der Waals surface area contributed by atoms with Crippen LogP contribution in [0.15, 0.2) is 344 Å². The van der Waals surface area contributed by atoms with Gasteiger partial charge in [-0.05, 0) is 179 Å². The summed E-state index contributed by atoms with van der Waals surface area (Å²) in [5, 5.41) is 13.3. The number of aromatic nitrogens is 12. The third kappa shape index (κ3) is 14.5. The molecule has 0 spiro atoms. The second-order valence-corrected chi connectivity index (χ2v) is 32.3. The summed E-state index contributed by atoms with van der Waals surface area (Å²) in [5.74, 6) is 2.68. The number of benzene rings is 12. The first-order valence-corrected chi connectivity index (χ1v) is 42.1. The molecule has 24 rings (SSSR count). The molecule has 0 amide bonds. The number of thiophene rings is 3. The van der Waals surface area contributed by atoms with E-state index >= 15 is 0 Å². The molecule has 0 radical (unpaired) electrons. The van der Waals surface area contributed by atoms with Gasteiger partial charge < -0.3 is 42.4 Å². The molecule has 24 aromatic rings. The fourth-order valence-corrected chi connectivity index (χ4v) is 19.0. The topological polar surface area (TPSA) is 107 Å². The number of para-hydroxylation sites is 4. The van der Waals surface area contributed by atoms with Gasteiger partial charge in [0, 0.05) is 76.5 Å². The normalized spacial score (nSPS) is 11.3. The molecule has 0 unspecified atom stereocenters. The minimum absolute atomic E-state index is 0. The van der Waals surface area contributed by atoms with E-state index in [4.69, 9.17) is 15.0 Å². The number of hydrogen-bond acceptors (Lipinski definition) is 9. The minimum atomic E-state index is 0. The fraction of sp³-hybridized carbons (Fsp3) is 0.0286. The van der Waals surface area contributed by atoms with Gasteiger partial charge in [0.05, 0.1) is 50.6 Å². The standard InChI is InChI=1S/3C35H22N4S.3Pt/c1-38-34-28(33-16-8-20-40-33)12-7-14-30(34)37-35(38)24-17-18-27-26-11-2-3-15-31(26)39(32(27)22-24)25-10-6-9-23(21-25)29-13-4-5-19-36-29;1-38-32-17-15-24(34-13-7-19-40-34)21-30(32)37-35(38)25-14-16-28-27-10-2-3-12-31(27)39(33(28)22-25)26-9-6-8-23(20-26)29-11-4-5-18-36-29;1-38-33-21-24(34-13-7-19-40-34)15-17-30(33)37-35(38)25-14-16-28-27-10-2-3-12-31(27)39(32(28)22-25)26-9-6-8-23(20-26)29-11-4-5-18-36-29;;;/h2-20H,1H3;2*2-19,21H,1H3;;;/q3*-2;3*+2. The van der Waals surface area contributed by atoms with Gasteiger partial charge in [0.2, 0.25) is 0 Å². The molecule has 0 aliphatic heterocycles. The van der Waals surface area contributed by atoms with E-state index in [1.54, 1.807) is 34.0 Å². The largest absolute Gasteiger partial charge is 2.00 e. The summed E-state index contributed by atoms with van der Waals surface area (Å²) < 4.78 is 13.3. The Labute approximate surface area is 763 Å². The maximum absolute atomic E-state index is 5.08. The van der Waals surface area contributed by atoms with Crippen LogP contribution in [0.4, 0.5) is 0 Å². The van der Waals surface area contributed by atoms with E-state index in [1.807, 2.05) is 73.2 Å².